The van der Waals surface area contributed by atoms with Crippen molar-refractivity contribution < 1.29 is 4.79 Å². The molecule has 0 spiro atoms. The molecule has 90 valence electrons. The molecule has 0 unspecified atom stereocenters. The Kier molecular flexibility index (Phi) is 3.64. The Balaban J connectivity index is 1.97. The van der Waals surface area contributed by atoms with E-state index in [0.29, 0.717) is 6.42 Å². The fourth-order valence-electron chi connectivity index (χ4n) is 1.63. The second-order valence-corrected chi connectivity index (χ2v) is 5.13. The van der Waals surface area contributed by atoms with E-state index in [1.165, 1.54) is 10.4 Å². The average Bonchev–Trinajstić information content (AvgIpc) is 2.95. The summed E-state index contributed by atoms with van der Waals surface area (Å²) in [5.74, 6) is 0.170. The first kappa shape index (κ1) is 11.9. The molecule has 2 aromatic heterocycles. The molecule has 2 aromatic rings. The maximum atomic E-state index is 11.5. The Labute approximate surface area is 105 Å². The summed E-state index contributed by atoms with van der Waals surface area (Å²) in [5, 5.41) is 2.06. The van der Waals surface area contributed by atoms with Gasteiger partial charge >= 0.3 is 0 Å². The van der Waals surface area contributed by atoms with Crippen LogP contribution in [0.4, 0.5) is 0 Å². The lowest BCUT2D eigenvalue weighted by Crippen LogP contribution is -2.21. The number of thiophene rings is 1. The first-order chi connectivity index (χ1) is 8.16. The number of aryl methyl sites for hydroxylation is 1. The summed E-state index contributed by atoms with van der Waals surface area (Å²) in [6.07, 6.45) is 3.34. The van der Waals surface area contributed by atoms with Crippen LogP contribution in [0.25, 0.3) is 10.6 Å². The van der Waals surface area contributed by atoms with Gasteiger partial charge in [0.25, 0.3) is 0 Å². The van der Waals surface area contributed by atoms with Crippen LogP contribution in [0, 0.1) is 0 Å². The molecule has 0 atom stereocenters. The molecule has 3 nitrogen and oxygen atoms in total. The van der Waals surface area contributed by atoms with Gasteiger partial charge in [-0.2, -0.15) is 0 Å². The SMILES string of the molecule is CN(C)C(=O)CCc1c[nH]c(-c2cccs2)c1. The summed E-state index contributed by atoms with van der Waals surface area (Å²) in [5.41, 5.74) is 2.32. The molecule has 4 heteroatoms. The van der Waals surface area contributed by atoms with E-state index in [1.54, 1.807) is 30.3 Å². The van der Waals surface area contributed by atoms with Gasteiger partial charge in [-0.3, -0.25) is 4.79 Å². The quantitative estimate of drug-likeness (QED) is 0.887. The van der Waals surface area contributed by atoms with E-state index in [2.05, 4.69) is 22.5 Å². The van der Waals surface area contributed by atoms with Gasteiger partial charge in [-0.05, 0) is 29.5 Å². The average molecular weight is 248 g/mol. The third kappa shape index (κ3) is 2.97. The number of hydrogen-bond acceptors (Lipinski definition) is 2. The molecule has 17 heavy (non-hydrogen) atoms. The smallest absolute Gasteiger partial charge is 0.222 e. The van der Waals surface area contributed by atoms with E-state index < -0.39 is 0 Å². The lowest BCUT2D eigenvalue weighted by molar-refractivity contribution is -0.128. The van der Waals surface area contributed by atoms with Gasteiger partial charge in [0.2, 0.25) is 5.91 Å². The number of aromatic nitrogens is 1. The van der Waals surface area contributed by atoms with Crippen molar-refractivity contribution in [3.05, 3.63) is 35.3 Å². The second-order valence-electron chi connectivity index (χ2n) is 4.19. The standard InChI is InChI=1S/C13H16N2OS/c1-15(2)13(16)6-5-10-8-11(14-9-10)12-4-3-7-17-12/h3-4,7-9,14H,5-6H2,1-2H3. The highest BCUT2D eigenvalue weighted by Gasteiger charge is 2.07. The number of carbonyl (C=O) groups is 1. The molecule has 0 saturated carbocycles. The van der Waals surface area contributed by atoms with E-state index in [0.717, 1.165) is 12.1 Å². The van der Waals surface area contributed by atoms with Crippen LogP contribution < -0.4 is 0 Å². The van der Waals surface area contributed by atoms with E-state index in [1.807, 2.05) is 12.3 Å². The predicted octanol–water partition coefficient (Wildman–Crippen LogP) is 2.76. The van der Waals surface area contributed by atoms with Crippen LogP contribution in [0.5, 0.6) is 0 Å². The first-order valence-corrected chi connectivity index (χ1v) is 6.46. The topological polar surface area (TPSA) is 36.1 Å². The van der Waals surface area contributed by atoms with Crippen LogP contribution in [-0.4, -0.2) is 29.9 Å². The van der Waals surface area contributed by atoms with Crippen molar-refractivity contribution >= 4 is 17.2 Å². The fraction of sp³-hybridized carbons (Fsp3) is 0.308. The minimum atomic E-state index is 0.170. The van der Waals surface area contributed by atoms with Crippen molar-refractivity contribution in [2.24, 2.45) is 0 Å². The molecule has 0 saturated heterocycles. The summed E-state index contributed by atoms with van der Waals surface area (Å²) in [7, 11) is 3.58. The van der Waals surface area contributed by atoms with Gasteiger partial charge in [-0.25, -0.2) is 0 Å². The summed E-state index contributed by atoms with van der Waals surface area (Å²) in [6, 6.07) is 6.25. The molecule has 2 rings (SSSR count). The summed E-state index contributed by atoms with van der Waals surface area (Å²) >= 11 is 1.71. The van der Waals surface area contributed by atoms with Crippen molar-refractivity contribution in [1.82, 2.24) is 9.88 Å². The van der Waals surface area contributed by atoms with Crippen LogP contribution in [0.2, 0.25) is 0 Å². The largest absolute Gasteiger partial charge is 0.360 e. The Morgan fingerprint density at radius 2 is 2.29 bits per heavy atom. The van der Waals surface area contributed by atoms with Crippen molar-refractivity contribution in [1.29, 1.82) is 0 Å². The molecule has 0 aliphatic carbocycles. The molecular formula is C13H16N2OS. The van der Waals surface area contributed by atoms with Gasteiger partial charge in [0.1, 0.15) is 0 Å². The van der Waals surface area contributed by atoms with Gasteiger partial charge in [0.05, 0.1) is 10.6 Å². The number of hydrogen-bond donors (Lipinski definition) is 1. The summed E-state index contributed by atoms with van der Waals surface area (Å²) < 4.78 is 0. The van der Waals surface area contributed by atoms with Gasteiger partial charge in [-0.1, -0.05) is 6.07 Å². The number of rotatable bonds is 4. The Morgan fingerprint density at radius 1 is 1.47 bits per heavy atom. The van der Waals surface area contributed by atoms with Gasteiger partial charge in [-0.15, -0.1) is 11.3 Å². The monoisotopic (exact) mass is 248 g/mol. The molecule has 1 amide bonds. The zero-order chi connectivity index (χ0) is 12.3. The molecule has 0 aromatic carbocycles. The number of carbonyl (C=O) groups excluding carboxylic acids is 1. The van der Waals surface area contributed by atoms with Crippen molar-refractivity contribution in [2.75, 3.05) is 14.1 Å². The van der Waals surface area contributed by atoms with Crippen molar-refractivity contribution in [2.45, 2.75) is 12.8 Å². The highest BCUT2D eigenvalue weighted by atomic mass is 32.1. The normalized spacial score (nSPS) is 10.5. The first-order valence-electron chi connectivity index (χ1n) is 5.58. The second kappa shape index (κ2) is 5.19. The van der Waals surface area contributed by atoms with Crippen LogP contribution in [-0.2, 0) is 11.2 Å². The number of amides is 1. The zero-order valence-electron chi connectivity index (χ0n) is 10.1. The van der Waals surface area contributed by atoms with E-state index in [4.69, 9.17) is 0 Å². The molecular weight excluding hydrogens is 232 g/mol. The van der Waals surface area contributed by atoms with E-state index >= 15 is 0 Å². The predicted molar refractivity (Wildman–Crippen MR) is 71.1 cm³/mol. The van der Waals surface area contributed by atoms with Crippen LogP contribution in [0.1, 0.15) is 12.0 Å². The van der Waals surface area contributed by atoms with Gasteiger partial charge in [0, 0.05) is 26.7 Å². The lowest BCUT2D eigenvalue weighted by Gasteiger charge is -2.08. The molecule has 2 heterocycles. The summed E-state index contributed by atoms with van der Waals surface area (Å²) in [6.45, 7) is 0. The minimum absolute atomic E-state index is 0.170. The Hall–Kier alpha value is -1.55. The number of aromatic amines is 1. The van der Waals surface area contributed by atoms with Crippen LogP contribution in [0.3, 0.4) is 0 Å². The summed E-state index contributed by atoms with van der Waals surface area (Å²) in [4.78, 5) is 17.6. The third-order valence-corrected chi connectivity index (χ3v) is 3.56. The maximum absolute atomic E-state index is 11.5. The Morgan fingerprint density at radius 3 is 2.94 bits per heavy atom. The minimum Gasteiger partial charge on any atom is -0.360 e. The van der Waals surface area contributed by atoms with Gasteiger partial charge < -0.3 is 9.88 Å². The zero-order valence-corrected chi connectivity index (χ0v) is 10.9. The Bertz CT molecular complexity index is 485. The van der Waals surface area contributed by atoms with Crippen molar-refractivity contribution in [3.8, 4) is 10.6 Å². The fourth-order valence-corrected chi connectivity index (χ4v) is 2.34. The highest BCUT2D eigenvalue weighted by Crippen LogP contribution is 2.24. The number of nitrogens with one attached hydrogen (secondary N) is 1. The molecule has 1 N–H and O–H groups in total. The molecule has 0 radical (unpaired) electrons. The number of nitrogens with zero attached hydrogens (tertiary/aromatic N) is 1. The van der Waals surface area contributed by atoms with E-state index in [-0.39, 0.29) is 5.91 Å². The maximum Gasteiger partial charge on any atom is 0.222 e. The third-order valence-electron chi connectivity index (χ3n) is 2.66. The highest BCUT2D eigenvalue weighted by molar-refractivity contribution is 7.13. The molecule has 0 bridgehead atoms. The van der Waals surface area contributed by atoms with E-state index in [9.17, 15) is 4.79 Å². The molecule has 0 fully saturated rings. The molecule has 0 aliphatic heterocycles. The van der Waals surface area contributed by atoms with Crippen LogP contribution >= 0.6 is 11.3 Å². The van der Waals surface area contributed by atoms with Gasteiger partial charge in [0.15, 0.2) is 0 Å². The van der Waals surface area contributed by atoms with Crippen LogP contribution in [0.15, 0.2) is 29.8 Å². The molecule has 0 aliphatic rings. The lowest BCUT2D eigenvalue weighted by atomic mass is 10.1. The van der Waals surface area contributed by atoms with Crippen molar-refractivity contribution in [3.63, 3.8) is 0 Å². The number of H-pyrrole nitrogens is 1.